The molecule has 0 spiro atoms. The molecule has 1 aliphatic carbocycles. The Morgan fingerprint density at radius 3 is 3.00 bits per heavy atom. The zero-order valence-electron chi connectivity index (χ0n) is 11.1. The fourth-order valence-electron chi connectivity index (χ4n) is 3.06. The Balaban J connectivity index is 2.34. The molecule has 3 nitrogen and oxygen atoms in total. The van der Waals surface area contributed by atoms with E-state index in [4.69, 9.17) is 0 Å². The number of aromatic nitrogens is 1. The lowest BCUT2D eigenvalue weighted by Gasteiger charge is -2.38. The Labute approximate surface area is 108 Å². The molecule has 3 atom stereocenters. The highest BCUT2D eigenvalue weighted by atomic mass is 16.3. The van der Waals surface area contributed by atoms with Crippen LogP contribution in [0.15, 0.2) is 18.5 Å². The van der Waals surface area contributed by atoms with Crippen LogP contribution in [0.2, 0.25) is 0 Å². The van der Waals surface area contributed by atoms with Crippen molar-refractivity contribution in [1.29, 1.82) is 5.26 Å². The number of nitriles is 1. The van der Waals surface area contributed by atoms with Crippen LogP contribution in [0.5, 0.6) is 0 Å². The van der Waals surface area contributed by atoms with Gasteiger partial charge in [0, 0.05) is 18.0 Å². The third-order valence-electron chi connectivity index (χ3n) is 4.15. The van der Waals surface area contributed by atoms with Crippen molar-refractivity contribution in [2.24, 2.45) is 11.3 Å². The topological polar surface area (TPSA) is 56.9 Å². The van der Waals surface area contributed by atoms with Crippen LogP contribution >= 0.6 is 0 Å². The second kappa shape index (κ2) is 5.07. The third-order valence-corrected chi connectivity index (χ3v) is 4.15. The molecule has 1 saturated carbocycles. The van der Waals surface area contributed by atoms with Gasteiger partial charge < -0.3 is 5.11 Å². The van der Waals surface area contributed by atoms with Crippen LogP contribution in [0.25, 0.3) is 0 Å². The molecule has 1 aliphatic rings. The van der Waals surface area contributed by atoms with E-state index in [1.54, 1.807) is 12.4 Å². The van der Waals surface area contributed by atoms with Gasteiger partial charge in [-0.25, -0.2) is 0 Å². The summed E-state index contributed by atoms with van der Waals surface area (Å²) in [5, 5.41) is 20.2. The molecule has 0 radical (unpaired) electrons. The maximum Gasteiger partial charge on any atom is 0.0993 e. The summed E-state index contributed by atoms with van der Waals surface area (Å²) in [6, 6.07) is 4.28. The molecule has 0 amide bonds. The predicted molar refractivity (Wildman–Crippen MR) is 69.6 cm³/mol. The van der Waals surface area contributed by atoms with Gasteiger partial charge in [-0.1, -0.05) is 19.8 Å². The molecule has 96 valence electrons. The van der Waals surface area contributed by atoms with Gasteiger partial charge in [0.05, 0.1) is 17.6 Å². The predicted octanol–water partition coefficient (Wildman–Crippen LogP) is 3.14. The number of hydrogen-bond acceptors (Lipinski definition) is 3. The SMILES string of the molecule is Cc1ccncc1C(O)C1(C#N)CCCC(C)C1. The number of rotatable bonds is 2. The van der Waals surface area contributed by atoms with Gasteiger partial charge in [0.15, 0.2) is 0 Å². The first-order chi connectivity index (χ1) is 8.59. The molecule has 1 aromatic heterocycles. The summed E-state index contributed by atoms with van der Waals surface area (Å²) in [5.74, 6) is 0.505. The van der Waals surface area contributed by atoms with Gasteiger partial charge >= 0.3 is 0 Å². The fraction of sp³-hybridized carbons (Fsp3) is 0.600. The number of hydrogen-bond donors (Lipinski definition) is 1. The van der Waals surface area contributed by atoms with E-state index in [-0.39, 0.29) is 0 Å². The maximum absolute atomic E-state index is 10.6. The van der Waals surface area contributed by atoms with Crippen molar-refractivity contribution in [2.45, 2.75) is 45.6 Å². The van der Waals surface area contributed by atoms with Crippen LogP contribution in [0.1, 0.15) is 49.8 Å². The lowest BCUT2D eigenvalue weighted by molar-refractivity contribution is 0.0213. The Bertz CT molecular complexity index is 466. The van der Waals surface area contributed by atoms with Crippen molar-refractivity contribution in [2.75, 3.05) is 0 Å². The van der Waals surface area contributed by atoms with E-state index in [0.29, 0.717) is 5.92 Å². The van der Waals surface area contributed by atoms with E-state index in [1.165, 1.54) is 0 Å². The molecule has 1 aromatic rings. The summed E-state index contributed by atoms with van der Waals surface area (Å²) in [7, 11) is 0. The summed E-state index contributed by atoms with van der Waals surface area (Å²) in [5.41, 5.74) is 1.17. The standard InChI is InChI=1S/C15H20N2O/c1-11-4-3-6-15(8-11,10-16)14(18)13-9-17-7-5-12(13)2/h5,7,9,11,14,18H,3-4,6,8H2,1-2H3. The monoisotopic (exact) mass is 244 g/mol. The number of pyridine rings is 1. The molecule has 0 saturated heterocycles. The van der Waals surface area contributed by atoms with Gasteiger partial charge in [-0.15, -0.1) is 0 Å². The summed E-state index contributed by atoms with van der Waals surface area (Å²) >= 11 is 0. The molecule has 0 bridgehead atoms. The van der Waals surface area contributed by atoms with E-state index < -0.39 is 11.5 Å². The normalized spacial score (nSPS) is 29.6. The minimum atomic E-state index is -0.723. The highest BCUT2D eigenvalue weighted by Crippen LogP contribution is 2.47. The average molecular weight is 244 g/mol. The van der Waals surface area contributed by atoms with Gasteiger partial charge in [-0.2, -0.15) is 5.26 Å². The fourth-order valence-corrected chi connectivity index (χ4v) is 3.06. The lowest BCUT2D eigenvalue weighted by Crippen LogP contribution is -2.33. The number of aliphatic hydroxyl groups excluding tert-OH is 1. The Morgan fingerprint density at radius 2 is 2.39 bits per heavy atom. The van der Waals surface area contributed by atoms with E-state index in [0.717, 1.165) is 36.8 Å². The van der Waals surface area contributed by atoms with Gasteiger partial charge in [-0.3, -0.25) is 4.98 Å². The van der Waals surface area contributed by atoms with Crippen LogP contribution in [0.3, 0.4) is 0 Å². The average Bonchev–Trinajstić information content (AvgIpc) is 2.38. The number of aryl methyl sites for hydroxylation is 1. The van der Waals surface area contributed by atoms with Crippen LogP contribution in [0, 0.1) is 29.6 Å². The number of aliphatic hydroxyl groups is 1. The Hall–Kier alpha value is -1.40. The Kier molecular flexibility index (Phi) is 3.68. The van der Waals surface area contributed by atoms with Crippen LogP contribution in [-0.2, 0) is 0 Å². The molecule has 18 heavy (non-hydrogen) atoms. The minimum Gasteiger partial charge on any atom is -0.387 e. The molecule has 3 unspecified atom stereocenters. The van der Waals surface area contributed by atoms with E-state index in [1.807, 2.05) is 13.0 Å². The first-order valence-electron chi connectivity index (χ1n) is 6.59. The van der Waals surface area contributed by atoms with Crippen molar-refractivity contribution in [3.05, 3.63) is 29.6 Å². The smallest absolute Gasteiger partial charge is 0.0993 e. The second-order valence-corrected chi connectivity index (χ2v) is 5.60. The second-order valence-electron chi connectivity index (χ2n) is 5.60. The van der Waals surface area contributed by atoms with E-state index in [2.05, 4.69) is 18.0 Å². The molecule has 1 fully saturated rings. The van der Waals surface area contributed by atoms with Crippen molar-refractivity contribution < 1.29 is 5.11 Å². The summed E-state index contributed by atoms with van der Waals surface area (Å²) in [6.45, 7) is 4.12. The molecular weight excluding hydrogens is 224 g/mol. The molecule has 2 rings (SSSR count). The van der Waals surface area contributed by atoms with Gasteiger partial charge in [0.2, 0.25) is 0 Å². The Morgan fingerprint density at radius 1 is 1.61 bits per heavy atom. The van der Waals surface area contributed by atoms with E-state index >= 15 is 0 Å². The molecule has 1 N–H and O–H groups in total. The molecular formula is C15H20N2O. The highest BCUT2D eigenvalue weighted by Gasteiger charge is 2.42. The van der Waals surface area contributed by atoms with Gasteiger partial charge in [0.25, 0.3) is 0 Å². The molecule has 0 aliphatic heterocycles. The van der Waals surface area contributed by atoms with Crippen LogP contribution in [0.4, 0.5) is 0 Å². The van der Waals surface area contributed by atoms with Crippen LogP contribution in [-0.4, -0.2) is 10.1 Å². The third kappa shape index (κ3) is 2.26. The van der Waals surface area contributed by atoms with Crippen molar-refractivity contribution in [3.63, 3.8) is 0 Å². The quantitative estimate of drug-likeness (QED) is 0.869. The zero-order chi connectivity index (χ0) is 13.2. The van der Waals surface area contributed by atoms with Crippen molar-refractivity contribution >= 4 is 0 Å². The van der Waals surface area contributed by atoms with Crippen molar-refractivity contribution in [1.82, 2.24) is 4.98 Å². The van der Waals surface area contributed by atoms with E-state index in [9.17, 15) is 10.4 Å². The first kappa shape index (κ1) is 13.0. The zero-order valence-corrected chi connectivity index (χ0v) is 11.1. The molecule has 1 heterocycles. The lowest BCUT2D eigenvalue weighted by atomic mass is 9.66. The highest BCUT2D eigenvalue weighted by molar-refractivity contribution is 5.28. The van der Waals surface area contributed by atoms with Gasteiger partial charge in [0.1, 0.15) is 0 Å². The maximum atomic E-state index is 10.6. The largest absolute Gasteiger partial charge is 0.387 e. The van der Waals surface area contributed by atoms with Crippen molar-refractivity contribution in [3.8, 4) is 6.07 Å². The minimum absolute atomic E-state index is 0.505. The molecule has 3 heteroatoms. The molecule has 0 aromatic carbocycles. The van der Waals surface area contributed by atoms with Gasteiger partial charge in [-0.05, 0) is 37.3 Å². The number of nitrogens with zero attached hydrogens (tertiary/aromatic N) is 2. The first-order valence-corrected chi connectivity index (χ1v) is 6.59. The summed E-state index contributed by atoms with van der Waals surface area (Å²) in [4.78, 5) is 4.08. The summed E-state index contributed by atoms with van der Waals surface area (Å²) < 4.78 is 0. The van der Waals surface area contributed by atoms with Crippen LogP contribution < -0.4 is 0 Å². The summed E-state index contributed by atoms with van der Waals surface area (Å²) in [6.07, 6.45) is 6.42.